The molecule has 188 valence electrons. The molecular formula is C30H36N4O2. The van der Waals surface area contributed by atoms with E-state index in [2.05, 4.69) is 34.3 Å². The van der Waals surface area contributed by atoms with E-state index in [1.165, 1.54) is 23.8 Å². The van der Waals surface area contributed by atoms with E-state index in [-0.39, 0.29) is 5.92 Å². The molecule has 2 saturated carbocycles. The lowest BCUT2D eigenvalue weighted by Crippen LogP contribution is -2.40. The van der Waals surface area contributed by atoms with E-state index in [0.29, 0.717) is 17.7 Å². The van der Waals surface area contributed by atoms with Gasteiger partial charge in [0, 0.05) is 53.3 Å². The fraction of sp³-hybridized carbons (Fsp3) is 0.467. The highest BCUT2D eigenvalue weighted by atomic mass is 16.5. The van der Waals surface area contributed by atoms with Gasteiger partial charge in [-0.05, 0) is 86.4 Å². The van der Waals surface area contributed by atoms with Crippen LogP contribution in [0.25, 0.3) is 10.9 Å². The highest BCUT2D eigenvalue weighted by Gasteiger charge is 2.32. The van der Waals surface area contributed by atoms with Gasteiger partial charge >= 0.3 is 0 Å². The normalized spacial score (nSPS) is 19.8. The van der Waals surface area contributed by atoms with Crippen LogP contribution in [0.15, 0.2) is 47.6 Å². The molecule has 36 heavy (non-hydrogen) atoms. The minimum Gasteiger partial charge on any atom is -0.496 e. The third-order valence-electron chi connectivity index (χ3n) is 8.36. The van der Waals surface area contributed by atoms with Crippen LogP contribution in [0.5, 0.6) is 5.75 Å². The van der Waals surface area contributed by atoms with Crippen molar-refractivity contribution < 1.29 is 9.53 Å². The van der Waals surface area contributed by atoms with Gasteiger partial charge in [-0.15, -0.1) is 0 Å². The number of nitrogen functional groups attached to an aromatic ring is 1. The number of piperidine rings is 1. The first-order chi connectivity index (χ1) is 17.6. The molecule has 1 aliphatic heterocycles. The van der Waals surface area contributed by atoms with Crippen molar-refractivity contribution in [2.45, 2.75) is 57.3 Å². The van der Waals surface area contributed by atoms with Crippen LogP contribution in [0.3, 0.4) is 0 Å². The summed E-state index contributed by atoms with van der Waals surface area (Å²) in [7, 11) is 1.70. The molecule has 2 heterocycles. The second-order valence-electron chi connectivity index (χ2n) is 10.8. The smallest absolute Gasteiger partial charge is 0.225 e. The lowest BCUT2D eigenvalue weighted by Gasteiger charge is -2.33. The Morgan fingerprint density at radius 2 is 1.78 bits per heavy atom. The number of hydrogen-bond acceptors (Lipinski definition) is 4. The third kappa shape index (κ3) is 4.49. The minimum atomic E-state index is 0.273. The Kier molecular flexibility index (Phi) is 6.20. The molecule has 2 aromatic carbocycles. The zero-order chi connectivity index (χ0) is 24.6. The van der Waals surface area contributed by atoms with Crippen LogP contribution in [-0.2, 0) is 4.79 Å². The quantitative estimate of drug-likeness (QED) is 0.323. The summed E-state index contributed by atoms with van der Waals surface area (Å²) < 4.78 is 5.64. The van der Waals surface area contributed by atoms with Crippen molar-refractivity contribution in [2.75, 3.05) is 25.9 Å². The van der Waals surface area contributed by atoms with Crippen LogP contribution < -0.4 is 10.5 Å². The molecule has 6 rings (SSSR count). The number of nitrogens with two attached hydrogens (primary N) is 1. The molecule has 2 aliphatic carbocycles. The van der Waals surface area contributed by atoms with Gasteiger partial charge in [-0.1, -0.05) is 12.8 Å². The molecule has 0 unspecified atom stereocenters. The number of fused-ring (bicyclic) bond motifs is 1. The SMILES string of the molecule is COc1ccc(N)cc1C(=Nc1ccc2[nH]cc(C3CCN(C(=O)C4CCCC4)CC3)c2c1)C1CC1. The number of methoxy groups -OCH3 is 1. The van der Waals surface area contributed by atoms with Gasteiger partial charge in [0.1, 0.15) is 5.75 Å². The second-order valence-corrected chi connectivity index (χ2v) is 10.8. The minimum absolute atomic E-state index is 0.273. The summed E-state index contributed by atoms with van der Waals surface area (Å²) in [6.07, 6.45) is 11.1. The van der Waals surface area contributed by atoms with Crippen LogP contribution in [-0.4, -0.2) is 41.7 Å². The van der Waals surface area contributed by atoms with Crippen LogP contribution in [0.2, 0.25) is 0 Å². The number of H-pyrrole nitrogens is 1. The van der Waals surface area contributed by atoms with E-state index < -0.39 is 0 Å². The number of anilines is 1. The van der Waals surface area contributed by atoms with Crippen molar-refractivity contribution in [3.8, 4) is 5.75 Å². The second kappa shape index (κ2) is 9.64. The lowest BCUT2D eigenvalue weighted by molar-refractivity contribution is -0.136. The maximum atomic E-state index is 12.9. The van der Waals surface area contributed by atoms with Crippen LogP contribution in [0.1, 0.15) is 68.4 Å². The molecule has 1 saturated heterocycles. The molecule has 3 N–H and O–H groups in total. The van der Waals surface area contributed by atoms with Crippen molar-refractivity contribution >= 4 is 33.9 Å². The Morgan fingerprint density at radius 3 is 2.50 bits per heavy atom. The highest BCUT2D eigenvalue weighted by molar-refractivity contribution is 6.07. The number of amides is 1. The molecule has 1 aromatic heterocycles. The first-order valence-electron chi connectivity index (χ1n) is 13.5. The third-order valence-corrected chi connectivity index (χ3v) is 8.36. The number of carbonyl (C=O) groups excluding carboxylic acids is 1. The monoisotopic (exact) mass is 484 g/mol. The fourth-order valence-electron chi connectivity index (χ4n) is 6.17. The number of aromatic amines is 1. The van der Waals surface area contributed by atoms with Gasteiger partial charge in [0.2, 0.25) is 5.91 Å². The van der Waals surface area contributed by atoms with E-state index in [1.807, 2.05) is 18.2 Å². The van der Waals surface area contributed by atoms with Gasteiger partial charge in [-0.3, -0.25) is 9.79 Å². The Morgan fingerprint density at radius 1 is 1.00 bits per heavy atom. The molecule has 6 nitrogen and oxygen atoms in total. The molecule has 1 amide bonds. The van der Waals surface area contributed by atoms with E-state index in [4.69, 9.17) is 15.5 Å². The van der Waals surface area contributed by atoms with E-state index >= 15 is 0 Å². The first kappa shape index (κ1) is 23.1. The summed E-state index contributed by atoms with van der Waals surface area (Å²) in [6, 6.07) is 12.2. The first-order valence-corrected chi connectivity index (χ1v) is 13.5. The van der Waals surface area contributed by atoms with Crippen LogP contribution >= 0.6 is 0 Å². The fourth-order valence-corrected chi connectivity index (χ4v) is 6.17. The molecule has 3 aliphatic rings. The molecule has 0 bridgehead atoms. The standard InChI is InChI=1S/C30H36N4O2/c1-36-28-11-8-22(31)16-25(28)29(20-6-7-20)33-23-9-10-27-24(17-23)26(18-32-27)19-12-14-34(15-13-19)30(35)21-4-2-3-5-21/h8-11,16-21,32H,2-7,12-15,31H2,1H3. The van der Waals surface area contributed by atoms with E-state index in [9.17, 15) is 4.79 Å². The van der Waals surface area contributed by atoms with E-state index in [1.54, 1.807) is 7.11 Å². The Labute approximate surface area is 212 Å². The number of nitrogens with one attached hydrogen (secondary N) is 1. The summed E-state index contributed by atoms with van der Waals surface area (Å²) >= 11 is 0. The van der Waals surface area contributed by atoms with Crippen molar-refractivity contribution in [1.29, 1.82) is 0 Å². The molecule has 0 radical (unpaired) electrons. The maximum absolute atomic E-state index is 12.9. The van der Waals surface area contributed by atoms with Crippen molar-refractivity contribution in [1.82, 2.24) is 9.88 Å². The molecular weight excluding hydrogens is 448 g/mol. The van der Waals surface area contributed by atoms with Gasteiger partial charge in [-0.2, -0.15) is 0 Å². The van der Waals surface area contributed by atoms with E-state index in [0.717, 1.165) is 85.5 Å². The average Bonchev–Trinajstić information content (AvgIpc) is 3.42. The number of benzene rings is 2. The molecule has 0 spiro atoms. The van der Waals surface area contributed by atoms with Gasteiger partial charge < -0.3 is 20.4 Å². The van der Waals surface area contributed by atoms with Crippen molar-refractivity contribution in [3.63, 3.8) is 0 Å². The van der Waals surface area contributed by atoms with Crippen molar-refractivity contribution in [3.05, 3.63) is 53.7 Å². The number of carbonyl (C=O) groups is 1. The predicted molar refractivity (Wildman–Crippen MR) is 145 cm³/mol. The summed E-state index contributed by atoms with van der Waals surface area (Å²) in [6.45, 7) is 1.73. The molecule has 0 atom stereocenters. The van der Waals surface area contributed by atoms with Gasteiger partial charge in [-0.25, -0.2) is 0 Å². The number of rotatable bonds is 6. The number of nitrogens with zero attached hydrogens (tertiary/aromatic N) is 2. The number of ether oxygens (including phenoxy) is 1. The average molecular weight is 485 g/mol. The number of aliphatic imine (C=N–C) groups is 1. The number of hydrogen-bond donors (Lipinski definition) is 2. The summed E-state index contributed by atoms with van der Waals surface area (Å²) in [4.78, 5) is 23.6. The summed E-state index contributed by atoms with van der Waals surface area (Å²) in [5.74, 6) is 2.39. The number of likely N-dealkylation sites (tertiary alicyclic amines) is 1. The molecule has 6 heteroatoms. The van der Waals surface area contributed by atoms with Gasteiger partial charge in [0.15, 0.2) is 0 Å². The topological polar surface area (TPSA) is 83.7 Å². The zero-order valence-corrected chi connectivity index (χ0v) is 21.1. The zero-order valence-electron chi connectivity index (χ0n) is 21.1. The van der Waals surface area contributed by atoms with Gasteiger partial charge in [0.25, 0.3) is 0 Å². The van der Waals surface area contributed by atoms with Crippen LogP contribution in [0, 0.1) is 11.8 Å². The Balaban J connectivity index is 1.25. The molecule has 3 fully saturated rings. The van der Waals surface area contributed by atoms with Crippen molar-refractivity contribution in [2.24, 2.45) is 16.8 Å². The molecule has 3 aromatic rings. The largest absolute Gasteiger partial charge is 0.496 e. The summed E-state index contributed by atoms with van der Waals surface area (Å²) in [5, 5.41) is 1.24. The van der Waals surface area contributed by atoms with Crippen LogP contribution in [0.4, 0.5) is 11.4 Å². The Bertz CT molecular complexity index is 1290. The lowest BCUT2D eigenvalue weighted by atomic mass is 9.88. The maximum Gasteiger partial charge on any atom is 0.225 e. The predicted octanol–water partition coefficient (Wildman–Crippen LogP) is 6.19. The number of aromatic nitrogens is 1. The highest BCUT2D eigenvalue weighted by Crippen LogP contribution is 2.40. The van der Waals surface area contributed by atoms with Gasteiger partial charge in [0.05, 0.1) is 18.5 Å². The summed E-state index contributed by atoms with van der Waals surface area (Å²) in [5.41, 5.74) is 12.4. The Hall–Kier alpha value is -3.28.